The van der Waals surface area contributed by atoms with Crippen molar-refractivity contribution in [2.45, 2.75) is 37.3 Å². The maximum atomic E-state index is 12.5. The summed E-state index contributed by atoms with van der Waals surface area (Å²) in [6, 6.07) is -0.652. The lowest BCUT2D eigenvalue weighted by atomic mass is 9.82. The molecule has 0 bridgehead atoms. The van der Waals surface area contributed by atoms with Gasteiger partial charge in [-0.25, -0.2) is 4.98 Å². The molecule has 1 fully saturated rings. The molecule has 118 valence electrons. The third kappa shape index (κ3) is 3.60. The first kappa shape index (κ1) is 15.9. The van der Waals surface area contributed by atoms with Gasteiger partial charge in [0, 0.05) is 12.5 Å². The molecule has 2 rings (SSSR count). The van der Waals surface area contributed by atoms with Crippen molar-refractivity contribution in [2.75, 3.05) is 11.9 Å². The summed E-state index contributed by atoms with van der Waals surface area (Å²) >= 11 is 0. The smallest absolute Gasteiger partial charge is 0.396 e. The molecule has 1 aromatic heterocycles. The number of aliphatic hydroxyl groups is 3. The third-order valence-corrected chi connectivity index (χ3v) is 3.59. The zero-order valence-corrected chi connectivity index (χ0v) is 11.0. The van der Waals surface area contributed by atoms with Crippen molar-refractivity contribution in [1.82, 2.24) is 9.97 Å². The highest BCUT2D eigenvalue weighted by atomic mass is 19.4. The number of aliphatic hydroxyl groups excluding tert-OH is 3. The number of aromatic nitrogens is 2. The topological polar surface area (TPSA) is 98.5 Å². The average Bonchev–Trinajstić information content (AvgIpc) is 2.44. The summed E-state index contributed by atoms with van der Waals surface area (Å²) < 4.78 is 37.6. The molecule has 0 radical (unpaired) electrons. The summed E-state index contributed by atoms with van der Waals surface area (Å²) in [6.07, 6.45) is -4.38. The summed E-state index contributed by atoms with van der Waals surface area (Å²) in [5.74, 6) is -0.561. The lowest BCUT2D eigenvalue weighted by Crippen LogP contribution is -2.50. The first-order valence-electron chi connectivity index (χ1n) is 6.45. The first-order valence-corrected chi connectivity index (χ1v) is 6.45. The van der Waals surface area contributed by atoms with Crippen LogP contribution in [-0.4, -0.2) is 50.1 Å². The average molecular weight is 307 g/mol. The van der Waals surface area contributed by atoms with Crippen molar-refractivity contribution >= 4 is 5.82 Å². The second kappa shape index (κ2) is 6.12. The van der Waals surface area contributed by atoms with Gasteiger partial charge in [-0.05, 0) is 12.8 Å². The van der Waals surface area contributed by atoms with E-state index in [1.165, 1.54) is 0 Å². The van der Waals surface area contributed by atoms with Crippen molar-refractivity contribution in [3.05, 3.63) is 18.1 Å². The second-order valence-electron chi connectivity index (χ2n) is 5.04. The van der Waals surface area contributed by atoms with E-state index in [0.717, 1.165) is 6.20 Å². The Balaban J connectivity index is 2.08. The van der Waals surface area contributed by atoms with Crippen molar-refractivity contribution < 1.29 is 28.5 Å². The fourth-order valence-corrected chi connectivity index (χ4v) is 2.37. The summed E-state index contributed by atoms with van der Waals surface area (Å²) in [5, 5.41) is 31.4. The van der Waals surface area contributed by atoms with Gasteiger partial charge in [-0.1, -0.05) is 0 Å². The van der Waals surface area contributed by atoms with Crippen molar-refractivity contribution in [2.24, 2.45) is 5.92 Å². The van der Waals surface area contributed by atoms with Crippen LogP contribution in [0, 0.1) is 5.92 Å². The van der Waals surface area contributed by atoms with Gasteiger partial charge in [0.15, 0.2) is 5.69 Å². The standard InChI is InChI=1S/C12H16F3N3O3/c13-12(14,15)8-3-16-4-9(18-8)17-7-2-1-6(5-19)10(20)11(7)21/h3-4,6-7,10-11,19-21H,1-2,5H2,(H,17,18)/t6-,7+,10+,11-/m1/s1. The maximum Gasteiger partial charge on any atom is 0.434 e. The molecule has 0 amide bonds. The third-order valence-electron chi connectivity index (χ3n) is 3.59. The van der Waals surface area contributed by atoms with Crippen LogP contribution in [0.15, 0.2) is 12.4 Å². The summed E-state index contributed by atoms with van der Waals surface area (Å²) in [6.45, 7) is -0.256. The Morgan fingerprint density at radius 2 is 1.90 bits per heavy atom. The van der Waals surface area contributed by atoms with Gasteiger partial charge in [0.2, 0.25) is 0 Å². The minimum absolute atomic E-state index is 0.122. The SMILES string of the molecule is OC[C@H]1CC[C@H](Nc2cncc(C(F)(F)F)n2)[C@@H](O)[C@H]1O. The minimum atomic E-state index is -4.60. The van der Waals surface area contributed by atoms with E-state index in [4.69, 9.17) is 5.11 Å². The molecule has 4 N–H and O–H groups in total. The van der Waals surface area contributed by atoms with Gasteiger partial charge in [0.05, 0.1) is 24.5 Å². The zero-order chi connectivity index (χ0) is 15.6. The highest BCUT2D eigenvalue weighted by Gasteiger charge is 2.38. The van der Waals surface area contributed by atoms with Crippen LogP contribution in [0.5, 0.6) is 0 Å². The van der Waals surface area contributed by atoms with E-state index < -0.39 is 36.0 Å². The molecule has 9 heteroatoms. The number of alkyl halides is 3. The quantitative estimate of drug-likeness (QED) is 0.645. The number of nitrogens with zero attached hydrogens (tertiary/aromatic N) is 2. The molecule has 1 aliphatic rings. The lowest BCUT2D eigenvalue weighted by Gasteiger charge is -2.37. The van der Waals surface area contributed by atoms with Gasteiger partial charge in [-0.3, -0.25) is 4.98 Å². The molecule has 1 aliphatic carbocycles. The van der Waals surface area contributed by atoms with E-state index >= 15 is 0 Å². The Kier molecular flexibility index (Phi) is 4.64. The van der Waals surface area contributed by atoms with E-state index in [-0.39, 0.29) is 12.4 Å². The Morgan fingerprint density at radius 1 is 1.19 bits per heavy atom. The number of rotatable bonds is 3. The van der Waals surface area contributed by atoms with Crippen LogP contribution in [0.3, 0.4) is 0 Å². The van der Waals surface area contributed by atoms with Gasteiger partial charge in [-0.2, -0.15) is 13.2 Å². The van der Waals surface area contributed by atoms with Gasteiger partial charge >= 0.3 is 6.18 Å². The van der Waals surface area contributed by atoms with E-state index in [9.17, 15) is 23.4 Å². The number of nitrogens with one attached hydrogen (secondary N) is 1. The summed E-state index contributed by atoms with van der Waals surface area (Å²) in [4.78, 5) is 6.86. The normalized spacial score (nSPS) is 30.2. The Bertz CT molecular complexity index is 486. The number of anilines is 1. The molecule has 0 unspecified atom stereocenters. The van der Waals surface area contributed by atoms with Crippen molar-refractivity contribution in [1.29, 1.82) is 0 Å². The molecule has 1 aromatic rings. The fourth-order valence-electron chi connectivity index (χ4n) is 2.37. The molecule has 0 aliphatic heterocycles. The second-order valence-corrected chi connectivity index (χ2v) is 5.04. The largest absolute Gasteiger partial charge is 0.434 e. The number of halogens is 3. The molecule has 0 aromatic carbocycles. The monoisotopic (exact) mass is 307 g/mol. The molecule has 1 saturated carbocycles. The van der Waals surface area contributed by atoms with Crippen molar-refractivity contribution in [3.63, 3.8) is 0 Å². The van der Waals surface area contributed by atoms with E-state index in [1.807, 2.05) is 0 Å². The molecular formula is C12H16F3N3O3. The predicted octanol–water partition coefficient (Wildman–Crippen LogP) is 0.400. The fraction of sp³-hybridized carbons (Fsp3) is 0.667. The van der Waals surface area contributed by atoms with Crippen LogP contribution in [0.4, 0.5) is 19.0 Å². The van der Waals surface area contributed by atoms with Crippen molar-refractivity contribution in [3.8, 4) is 0 Å². The zero-order valence-electron chi connectivity index (χ0n) is 11.0. The van der Waals surface area contributed by atoms with Crippen LogP contribution in [0.25, 0.3) is 0 Å². The molecule has 6 nitrogen and oxygen atoms in total. The number of hydrogen-bond acceptors (Lipinski definition) is 6. The number of hydrogen-bond donors (Lipinski definition) is 4. The Labute approximate surface area is 118 Å². The molecule has 1 heterocycles. The van der Waals surface area contributed by atoms with Crippen LogP contribution in [0.2, 0.25) is 0 Å². The predicted molar refractivity (Wildman–Crippen MR) is 66.3 cm³/mol. The van der Waals surface area contributed by atoms with Gasteiger partial charge in [0.1, 0.15) is 11.9 Å². The molecular weight excluding hydrogens is 291 g/mol. The van der Waals surface area contributed by atoms with E-state index in [0.29, 0.717) is 19.0 Å². The van der Waals surface area contributed by atoms with Gasteiger partial charge < -0.3 is 20.6 Å². The summed E-state index contributed by atoms with van der Waals surface area (Å²) in [7, 11) is 0. The maximum absolute atomic E-state index is 12.5. The molecule has 0 spiro atoms. The van der Waals surface area contributed by atoms with Crippen LogP contribution >= 0.6 is 0 Å². The van der Waals surface area contributed by atoms with Crippen LogP contribution < -0.4 is 5.32 Å². The highest BCUT2D eigenvalue weighted by Crippen LogP contribution is 2.29. The molecule has 4 atom stereocenters. The minimum Gasteiger partial charge on any atom is -0.396 e. The van der Waals surface area contributed by atoms with Gasteiger partial charge in [-0.15, -0.1) is 0 Å². The first-order chi connectivity index (χ1) is 9.82. The molecule has 0 saturated heterocycles. The van der Waals surface area contributed by atoms with E-state index in [1.54, 1.807) is 0 Å². The Morgan fingerprint density at radius 3 is 2.52 bits per heavy atom. The highest BCUT2D eigenvalue weighted by molar-refractivity contribution is 5.34. The van der Waals surface area contributed by atoms with E-state index in [2.05, 4.69) is 15.3 Å². The van der Waals surface area contributed by atoms with Gasteiger partial charge in [0.25, 0.3) is 0 Å². The van der Waals surface area contributed by atoms with Crippen LogP contribution in [0.1, 0.15) is 18.5 Å². The Hall–Kier alpha value is -1.45. The van der Waals surface area contributed by atoms with Crippen LogP contribution in [-0.2, 0) is 6.18 Å². The lowest BCUT2D eigenvalue weighted by molar-refractivity contribution is -0.141. The summed E-state index contributed by atoms with van der Waals surface area (Å²) in [5.41, 5.74) is -1.13. The molecule has 21 heavy (non-hydrogen) atoms.